The molecule has 0 bridgehead atoms. The van der Waals surface area contributed by atoms with Gasteiger partial charge in [-0.25, -0.2) is 0 Å². The first-order valence-corrected chi connectivity index (χ1v) is 31.8. The molecule has 1 unspecified atom stereocenters. The van der Waals surface area contributed by atoms with Gasteiger partial charge in [0.25, 0.3) is 0 Å². The van der Waals surface area contributed by atoms with Crippen LogP contribution in [-0.2, 0) is 28.6 Å². The second-order valence-corrected chi connectivity index (χ2v) is 22.8. The molecule has 0 spiro atoms. The average molecular weight is 990 g/mol. The van der Waals surface area contributed by atoms with Crippen molar-refractivity contribution < 1.29 is 28.6 Å². The van der Waals surface area contributed by atoms with Gasteiger partial charge in [0, 0.05) is 19.3 Å². The number of rotatable bonds is 58. The molecule has 0 amide bonds. The van der Waals surface area contributed by atoms with E-state index in [2.05, 4.69) is 34.6 Å². The highest BCUT2D eigenvalue weighted by Crippen LogP contribution is 2.19. The minimum atomic E-state index is -0.764. The second-order valence-electron chi connectivity index (χ2n) is 22.8. The normalized spacial score (nSPS) is 12.4. The summed E-state index contributed by atoms with van der Waals surface area (Å²) in [5.74, 6) is 0.893. The maximum atomic E-state index is 12.9. The van der Waals surface area contributed by atoms with Crippen LogP contribution in [0.2, 0.25) is 0 Å². The molecule has 0 radical (unpaired) electrons. The predicted molar refractivity (Wildman–Crippen MR) is 303 cm³/mol. The van der Waals surface area contributed by atoms with Gasteiger partial charge in [0.15, 0.2) is 6.10 Å². The van der Waals surface area contributed by atoms with Gasteiger partial charge in [0.1, 0.15) is 13.2 Å². The third-order valence-electron chi connectivity index (χ3n) is 15.1. The molecule has 0 rings (SSSR count). The van der Waals surface area contributed by atoms with E-state index in [4.69, 9.17) is 14.2 Å². The van der Waals surface area contributed by atoms with E-state index in [1.807, 2.05) is 0 Å². The molecule has 416 valence electrons. The second kappa shape index (κ2) is 56.7. The standard InChI is InChI=1S/C64H124O6/c1-6-8-9-10-11-12-13-14-15-18-22-25-28-34-39-44-49-54-62(65)68-57-61(70-64(67)56-51-46-41-36-31-30-33-38-43-48-53-60(5)7-2)58-69-63(66)55-50-45-40-35-29-26-23-20-17-16-19-21-24-27-32-37-42-47-52-59(3)4/h59-61H,6-58H2,1-5H3/t60?,61-/m1/s1. The minimum absolute atomic E-state index is 0.0622. The van der Waals surface area contributed by atoms with Gasteiger partial charge in [-0.15, -0.1) is 0 Å². The van der Waals surface area contributed by atoms with Crippen LogP contribution in [0.15, 0.2) is 0 Å². The molecule has 0 fully saturated rings. The van der Waals surface area contributed by atoms with E-state index in [0.29, 0.717) is 19.3 Å². The number of carbonyl (C=O) groups excluding carboxylic acids is 3. The van der Waals surface area contributed by atoms with Crippen LogP contribution in [0.4, 0.5) is 0 Å². The quantitative estimate of drug-likeness (QED) is 0.0343. The van der Waals surface area contributed by atoms with Gasteiger partial charge in [-0.2, -0.15) is 0 Å². The van der Waals surface area contributed by atoms with Crippen molar-refractivity contribution in [2.75, 3.05) is 13.2 Å². The zero-order chi connectivity index (χ0) is 51.1. The summed E-state index contributed by atoms with van der Waals surface area (Å²) in [6, 6.07) is 0. The van der Waals surface area contributed by atoms with Gasteiger partial charge in [-0.05, 0) is 31.1 Å². The van der Waals surface area contributed by atoms with E-state index in [1.165, 1.54) is 250 Å². The first-order valence-electron chi connectivity index (χ1n) is 31.8. The molecule has 0 saturated carbocycles. The summed E-state index contributed by atoms with van der Waals surface area (Å²) in [7, 11) is 0. The van der Waals surface area contributed by atoms with Crippen molar-refractivity contribution in [3.05, 3.63) is 0 Å². The van der Waals surface area contributed by atoms with Crippen molar-refractivity contribution in [2.24, 2.45) is 11.8 Å². The first-order chi connectivity index (χ1) is 34.3. The molecule has 70 heavy (non-hydrogen) atoms. The van der Waals surface area contributed by atoms with Gasteiger partial charge in [0.2, 0.25) is 0 Å². The SMILES string of the molecule is CCCCCCCCCCCCCCCCCCCC(=O)OC[C@H](COC(=O)CCCCCCCCCCCCCCCCCCCCC(C)C)OC(=O)CCCCCCCCCCCCC(C)CC. The van der Waals surface area contributed by atoms with E-state index < -0.39 is 6.10 Å². The summed E-state index contributed by atoms with van der Waals surface area (Å²) in [6.07, 6.45) is 62.4. The maximum absolute atomic E-state index is 12.9. The molecule has 0 aliphatic carbocycles. The molecule has 2 atom stereocenters. The Labute approximate surface area is 438 Å². The predicted octanol–water partition coefficient (Wildman–Crippen LogP) is 21.2. The average Bonchev–Trinajstić information content (AvgIpc) is 3.35. The van der Waals surface area contributed by atoms with Crippen LogP contribution < -0.4 is 0 Å². The van der Waals surface area contributed by atoms with Crippen molar-refractivity contribution in [3.8, 4) is 0 Å². The Bertz CT molecular complexity index is 1070. The van der Waals surface area contributed by atoms with E-state index in [1.54, 1.807) is 0 Å². The molecule has 0 saturated heterocycles. The van der Waals surface area contributed by atoms with Gasteiger partial charge in [0.05, 0.1) is 0 Å². The number of ether oxygens (including phenoxy) is 3. The minimum Gasteiger partial charge on any atom is -0.462 e. The van der Waals surface area contributed by atoms with Crippen molar-refractivity contribution in [3.63, 3.8) is 0 Å². The number of esters is 3. The molecule has 0 aliphatic rings. The Kier molecular flexibility index (Phi) is 55.4. The summed E-state index contributed by atoms with van der Waals surface area (Å²) in [5, 5.41) is 0. The van der Waals surface area contributed by atoms with Crippen LogP contribution in [0.1, 0.15) is 362 Å². The lowest BCUT2D eigenvalue weighted by molar-refractivity contribution is -0.167. The molecule has 6 heteroatoms. The number of hydrogen-bond acceptors (Lipinski definition) is 6. The van der Waals surface area contributed by atoms with Crippen LogP contribution >= 0.6 is 0 Å². The zero-order valence-corrected chi connectivity index (χ0v) is 48.2. The van der Waals surface area contributed by atoms with E-state index in [0.717, 1.165) is 69.6 Å². The largest absolute Gasteiger partial charge is 0.462 e. The highest BCUT2D eigenvalue weighted by molar-refractivity contribution is 5.71. The maximum Gasteiger partial charge on any atom is 0.306 e. The topological polar surface area (TPSA) is 78.9 Å². The Morgan fingerprint density at radius 1 is 0.300 bits per heavy atom. The van der Waals surface area contributed by atoms with Gasteiger partial charge >= 0.3 is 17.9 Å². The molecular formula is C64H124O6. The monoisotopic (exact) mass is 989 g/mol. The number of hydrogen-bond donors (Lipinski definition) is 0. The molecule has 0 N–H and O–H groups in total. The third kappa shape index (κ3) is 55.7. The van der Waals surface area contributed by atoms with Crippen LogP contribution in [0, 0.1) is 11.8 Å². The highest BCUT2D eigenvalue weighted by Gasteiger charge is 2.19. The summed E-state index contributed by atoms with van der Waals surface area (Å²) in [4.78, 5) is 38.3. The van der Waals surface area contributed by atoms with Crippen LogP contribution in [-0.4, -0.2) is 37.2 Å². The summed E-state index contributed by atoms with van der Waals surface area (Å²) < 4.78 is 17.0. The Morgan fingerprint density at radius 2 is 0.543 bits per heavy atom. The zero-order valence-electron chi connectivity index (χ0n) is 48.2. The van der Waals surface area contributed by atoms with E-state index >= 15 is 0 Å². The fourth-order valence-electron chi connectivity index (χ4n) is 9.90. The lowest BCUT2D eigenvalue weighted by Gasteiger charge is -2.18. The van der Waals surface area contributed by atoms with Crippen molar-refractivity contribution >= 4 is 17.9 Å². The Morgan fingerprint density at radius 3 is 0.814 bits per heavy atom. The van der Waals surface area contributed by atoms with Gasteiger partial charge in [-0.3, -0.25) is 14.4 Å². The third-order valence-corrected chi connectivity index (χ3v) is 15.1. The summed E-state index contributed by atoms with van der Waals surface area (Å²) in [5.41, 5.74) is 0. The van der Waals surface area contributed by atoms with Crippen LogP contribution in [0.25, 0.3) is 0 Å². The lowest BCUT2D eigenvalue weighted by atomic mass is 9.99. The van der Waals surface area contributed by atoms with Crippen molar-refractivity contribution in [2.45, 2.75) is 368 Å². The molecular weight excluding hydrogens is 865 g/mol. The van der Waals surface area contributed by atoms with Gasteiger partial charge < -0.3 is 14.2 Å². The summed E-state index contributed by atoms with van der Waals surface area (Å²) in [6.45, 7) is 11.5. The fourth-order valence-corrected chi connectivity index (χ4v) is 9.90. The van der Waals surface area contributed by atoms with Crippen LogP contribution in [0.3, 0.4) is 0 Å². The first kappa shape index (κ1) is 68.4. The lowest BCUT2D eigenvalue weighted by Crippen LogP contribution is -2.30. The smallest absolute Gasteiger partial charge is 0.306 e. The Balaban J connectivity index is 4.25. The fraction of sp³-hybridized carbons (Fsp3) is 0.953. The highest BCUT2D eigenvalue weighted by atomic mass is 16.6. The number of carbonyl (C=O) groups is 3. The van der Waals surface area contributed by atoms with E-state index in [9.17, 15) is 14.4 Å². The van der Waals surface area contributed by atoms with Crippen molar-refractivity contribution in [1.29, 1.82) is 0 Å². The molecule has 0 heterocycles. The summed E-state index contributed by atoms with van der Waals surface area (Å²) >= 11 is 0. The molecule has 0 aromatic heterocycles. The number of unbranched alkanes of at least 4 members (excludes halogenated alkanes) is 42. The molecule has 0 aliphatic heterocycles. The molecule has 0 aromatic rings. The molecule has 0 aromatic carbocycles. The van der Waals surface area contributed by atoms with E-state index in [-0.39, 0.29) is 31.1 Å². The van der Waals surface area contributed by atoms with Crippen molar-refractivity contribution in [1.82, 2.24) is 0 Å². The Hall–Kier alpha value is -1.59. The van der Waals surface area contributed by atoms with Crippen LogP contribution in [0.5, 0.6) is 0 Å². The molecule has 6 nitrogen and oxygen atoms in total. The van der Waals surface area contributed by atoms with Gasteiger partial charge in [-0.1, -0.05) is 324 Å².